The predicted octanol–water partition coefficient (Wildman–Crippen LogP) is 1.71. The molecule has 5 nitrogen and oxygen atoms in total. The molecule has 1 aromatic rings. The van der Waals surface area contributed by atoms with Crippen LogP contribution in [-0.4, -0.2) is 30.4 Å². The first-order valence-electron chi connectivity index (χ1n) is 5.87. The Kier molecular flexibility index (Phi) is 5.21. The van der Waals surface area contributed by atoms with Gasteiger partial charge in [-0.15, -0.1) is 0 Å². The minimum atomic E-state index is -0.166. The molecule has 0 aliphatic heterocycles. The van der Waals surface area contributed by atoms with E-state index in [1.807, 2.05) is 0 Å². The highest BCUT2D eigenvalue weighted by atomic mass is 32.1. The molecule has 1 amide bonds. The summed E-state index contributed by atoms with van der Waals surface area (Å²) in [5.41, 5.74) is 6.26. The molecule has 0 saturated heterocycles. The van der Waals surface area contributed by atoms with Crippen molar-refractivity contribution >= 4 is 28.3 Å². The van der Waals surface area contributed by atoms with E-state index in [-0.39, 0.29) is 5.91 Å². The molecule has 0 unspecified atom stereocenters. The Morgan fingerprint density at radius 1 is 1.53 bits per heavy atom. The highest BCUT2D eigenvalue weighted by molar-refractivity contribution is 7.11. The highest BCUT2D eigenvalue weighted by Gasteiger charge is 2.21. The number of nitrogen functional groups attached to an aromatic ring is 1. The van der Waals surface area contributed by atoms with Crippen molar-refractivity contribution in [2.75, 3.05) is 30.8 Å². The summed E-state index contributed by atoms with van der Waals surface area (Å²) in [4.78, 5) is 13.9. The molecule has 1 rings (SSSR count). The van der Waals surface area contributed by atoms with Crippen LogP contribution in [0.3, 0.4) is 0 Å². The summed E-state index contributed by atoms with van der Waals surface area (Å²) in [5.74, 6) is 0.153. The number of nitrogens with two attached hydrogens (primary N) is 1. The number of aromatic nitrogens is 1. The summed E-state index contributed by atoms with van der Waals surface area (Å²) in [6, 6.07) is 0. The fourth-order valence-electron chi connectivity index (χ4n) is 1.60. The van der Waals surface area contributed by atoms with E-state index in [4.69, 9.17) is 5.73 Å². The van der Waals surface area contributed by atoms with Crippen LogP contribution in [0, 0.1) is 0 Å². The Bertz CT molecular complexity index is 378. The van der Waals surface area contributed by atoms with E-state index in [0.29, 0.717) is 11.4 Å². The first-order chi connectivity index (χ1) is 8.15. The minimum absolute atomic E-state index is 0.166. The number of rotatable bonds is 6. The van der Waals surface area contributed by atoms with Gasteiger partial charge in [0.25, 0.3) is 5.91 Å². The van der Waals surface area contributed by atoms with Gasteiger partial charge in [-0.2, -0.15) is 4.37 Å². The molecule has 17 heavy (non-hydrogen) atoms. The van der Waals surface area contributed by atoms with E-state index < -0.39 is 0 Å². The van der Waals surface area contributed by atoms with Gasteiger partial charge in [0, 0.05) is 20.1 Å². The number of hydrogen-bond acceptors (Lipinski definition) is 5. The van der Waals surface area contributed by atoms with Crippen LogP contribution in [-0.2, 0) is 0 Å². The summed E-state index contributed by atoms with van der Waals surface area (Å²) in [6.45, 7) is 6.00. The van der Waals surface area contributed by atoms with Crippen molar-refractivity contribution in [3.05, 3.63) is 5.56 Å². The summed E-state index contributed by atoms with van der Waals surface area (Å²) >= 11 is 1.29. The zero-order valence-electron chi connectivity index (χ0n) is 10.6. The smallest absolute Gasteiger partial charge is 0.257 e. The van der Waals surface area contributed by atoms with Gasteiger partial charge in [0.05, 0.1) is 0 Å². The largest absolute Gasteiger partial charge is 0.382 e. The number of unbranched alkanes of at least 4 members (excludes halogenated alkanes) is 1. The van der Waals surface area contributed by atoms with Crippen molar-refractivity contribution < 1.29 is 4.79 Å². The van der Waals surface area contributed by atoms with Crippen LogP contribution >= 0.6 is 11.5 Å². The highest BCUT2D eigenvalue weighted by Crippen LogP contribution is 2.30. The predicted molar refractivity (Wildman–Crippen MR) is 72.7 cm³/mol. The summed E-state index contributed by atoms with van der Waals surface area (Å²) in [6.07, 6.45) is 2.22. The zero-order valence-corrected chi connectivity index (χ0v) is 11.4. The SMILES string of the molecule is CCCCN(CC)c1snc(N)c1C(=O)NC. The first-order valence-corrected chi connectivity index (χ1v) is 6.65. The van der Waals surface area contributed by atoms with E-state index in [2.05, 4.69) is 28.4 Å². The third kappa shape index (κ3) is 3.09. The molecule has 6 heteroatoms. The maximum Gasteiger partial charge on any atom is 0.257 e. The average Bonchev–Trinajstić information content (AvgIpc) is 2.71. The molecule has 1 aromatic heterocycles. The van der Waals surface area contributed by atoms with Crippen molar-refractivity contribution in [1.82, 2.24) is 9.69 Å². The van der Waals surface area contributed by atoms with Crippen LogP contribution in [0.2, 0.25) is 0 Å². The van der Waals surface area contributed by atoms with Gasteiger partial charge in [-0.25, -0.2) is 0 Å². The van der Waals surface area contributed by atoms with E-state index in [1.54, 1.807) is 7.05 Å². The Morgan fingerprint density at radius 2 is 2.24 bits per heavy atom. The third-order valence-corrected chi connectivity index (χ3v) is 3.53. The topological polar surface area (TPSA) is 71.2 Å². The molecule has 3 N–H and O–H groups in total. The molecule has 0 aliphatic carbocycles. The van der Waals surface area contributed by atoms with Crippen molar-refractivity contribution in [3.8, 4) is 0 Å². The molecule has 0 bridgehead atoms. The number of nitrogens with one attached hydrogen (secondary N) is 1. The van der Waals surface area contributed by atoms with Gasteiger partial charge in [-0.05, 0) is 24.9 Å². The van der Waals surface area contributed by atoms with Gasteiger partial charge in [0.2, 0.25) is 0 Å². The van der Waals surface area contributed by atoms with Gasteiger partial charge in [0.15, 0.2) is 5.82 Å². The fourth-order valence-corrected chi connectivity index (χ4v) is 2.50. The normalized spacial score (nSPS) is 10.3. The van der Waals surface area contributed by atoms with Crippen molar-refractivity contribution in [1.29, 1.82) is 0 Å². The van der Waals surface area contributed by atoms with E-state index >= 15 is 0 Å². The molecule has 0 fully saturated rings. The first kappa shape index (κ1) is 13.8. The van der Waals surface area contributed by atoms with Gasteiger partial charge in [0.1, 0.15) is 10.6 Å². The quantitative estimate of drug-likeness (QED) is 0.813. The number of carbonyl (C=O) groups is 1. The summed E-state index contributed by atoms with van der Waals surface area (Å²) < 4.78 is 4.08. The van der Waals surface area contributed by atoms with Crippen LogP contribution in [0.15, 0.2) is 0 Å². The maximum absolute atomic E-state index is 11.8. The summed E-state index contributed by atoms with van der Waals surface area (Å²) in [5, 5.41) is 3.48. The van der Waals surface area contributed by atoms with E-state index in [0.717, 1.165) is 30.9 Å². The molecular weight excluding hydrogens is 236 g/mol. The Morgan fingerprint density at radius 3 is 2.76 bits per heavy atom. The standard InChI is InChI=1S/C11H20N4OS/c1-4-6-7-15(5-2)11-8(10(16)13-3)9(12)14-17-11/h4-7H2,1-3H3,(H2,12,14)(H,13,16). The number of hydrogen-bond donors (Lipinski definition) is 2. The lowest BCUT2D eigenvalue weighted by Crippen LogP contribution is -2.27. The van der Waals surface area contributed by atoms with Crippen LogP contribution in [0.4, 0.5) is 10.8 Å². The molecule has 0 aromatic carbocycles. The Balaban J connectivity index is 2.98. The lowest BCUT2D eigenvalue weighted by molar-refractivity contribution is 0.0964. The molecule has 0 saturated carbocycles. The molecule has 1 heterocycles. The van der Waals surface area contributed by atoms with Crippen LogP contribution < -0.4 is 16.0 Å². The lowest BCUT2D eigenvalue weighted by Gasteiger charge is -2.21. The zero-order chi connectivity index (χ0) is 12.8. The van der Waals surface area contributed by atoms with Gasteiger partial charge in [-0.1, -0.05) is 13.3 Å². The molecule has 0 spiro atoms. The van der Waals surface area contributed by atoms with Crippen LogP contribution in [0.25, 0.3) is 0 Å². The molecule has 0 aliphatic rings. The number of anilines is 2. The van der Waals surface area contributed by atoms with Gasteiger partial charge >= 0.3 is 0 Å². The third-order valence-electron chi connectivity index (χ3n) is 2.61. The van der Waals surface area contributed by atoms with Gasteiger partial charge < -0.3 is 16.0 Å². The van der Waals surface area contributed by atoms with Crippen molar-refractivity contribution in [3.63, 3.8) is 0 Å². The second-order valence-electron chi connectivity index (χ2n) is 3.76. The van der Waals surface area contributed by atoms with Crippen molar-refractivity contribution in [2.24, 2.45) is 0 Å². The van der Waals surface area contributed by atoms with Crippen LogP contribution in [0.5, 0.6) is 0 Å². The molecular formula is C11H20N4OS. The minimum Gasteiger partial charge on any atom is -0.382 e. The fraction of sp³-hybridized carbons (Fsp3) is 0.636. The van der Waals surface area contributed by atoms with E-state index in [1.165, 1.54) is 11.5 Å². The Labute approximate surface area is 106 Å². The lowest BCUT2D eigenvalue weighted by atomic mass is 10.2. The van der Waals surface area contributed by atoms with E-state index in [9.17, 15) is 4.79 Å². The van der Waals surface area contributed by atoms with Gasteiger partial charge in [-0.3, -0.25) is 4.79 Å². The maximum atomic E-state index is 11.8. The van der Waals surface area contributed by atoms with Crippen molar-refractivity contribution in [2.45, 2.75) is 26.7 Å². The molecule has 96 valence electrons. The molecule has 0 atom stereocenters. The molecule has 0 radical (unpaired) electrons. The second-order valence-corrected chi connectivity index (χ2v) is 4.51. The summed E-state index contributed by atoms with van der Waals surface area (Å²) in [7, 11) is 1.60. The second kappa shape index (κ2) is 6.44. The van der Waals surface area contributed by atoms with Crippen LogP contribution in [0.1, 0.15) is 37.0 Å². The average molecular weight is 256 g/mol. The number of nitrogens with zero attached hydrogens (tertiary/aromatic N) is 2. The Hall–Kier alpha value is -1.30. The number of carbonyl (C=O) groups excluding carboxylic acids is 1. The number of amides is 1. The monoisotopic (exact) mass is 256 g/mol.